The Morgan fingerprint density at radius 1 is 1.37 bits per heavy atom. The van der Waals surface area contributed by atoms with Crippen molar-refractivity contribution in [2.75, 3.05) is 12.8 Å². The van der Waals surface area contributed by atoms with E-state index in [4.69, 9.17) is 26.5 Å². The molecule has 1 aromatic carbocycles. The van der Waals surface area contributed by atoms with Gasteiger partial charge in [0.2, 0.25) is 5.88 Å². The zero-order chi connectivity index (χ0) is 14.2. The van der Waals surface area contributed by atoms with Crippen LogP contribution in [0, 0.1) is 25.2 Å². The average molecular weight is 277 g/mol. The molecular formula is C14H13ClN2O2. The summed E-state index contributed by atoms with van der Waals surface area (Å²) < 4.78 is 10.7. The molecule has 4 nitrogen and oxygen atoms in total. The van der Waals surface area contributed by atoms with Crippen molar-refractivity contribution in [1.82, 2.24) is 0 Å². The fourth-order valence-corrected chi connectivity index (χ4v) is 2.18. The molecule has 2 N–H and O–H groups in total. The van der Waals surface area contributed by atoms with Gasteiger partial charge in [-0.05, 0) is 31.5 Å². The van der Waals surface area contributed by atoms with Crippen LogP contribution in [0.4, 0.5) is 5.88 Å². The Labute approximate surface area is 116 Å². The number of benzene rings is 1. The quantitative estimate of drug-likeness (QED) is 0.908. The van der Waals surface area contributed by atoms with Crippen LogP contribution >= 0.6 is 11.6 Å². The summed E-state index contributed by atoms with van der Waals surface area (Å²) in [7, 11) is 1.57. The lowest BCUT2D eigenvalue weighted by molar-refractivity contribution is 0.416. The maximum atomic E-state index is 9.20. The van der Waals surface area contributed by atoms with Gasteiger partial charge < -0.3 is 14.9 Å². The normalized spacial score (nSPS) is 10.3. The number of halogens is 1. The Bertz CT molecular complexity index is 684. The molecule has 0 aliphatic carbocycles. The van der Waals surface area contributed by atoms with Crippen molar-refractivity contribution in [3.63, 3.8) is 0 Å². The standard InChI is InChI=1S/C14H13ClN2O2/c1-7-4-12(18-3)9(5-11(7)15)13-8(2)19-14(17)10(13)6-16/h4-5H,17H2,1-3H3. The molecule has 0 atom stereocenters. The molecule has 0 bridgehead atoms. The van der Waals surface area contributed by atoms with Crippen molar-refractivity contribution in [1.29, 1.82) is 5.26 Å². The number of anilines is 1. The summed E-state index contributed by atoms with van der Waals surface area (Å²) in [6.07, 6.45) is 0. The number of hydrogen-bond donors (Lipinski definition) is 1. The van der Waals surface area contributed by atoms with Crippen molar-refractivity contribution < 1.29 is 9.15 Å². The molecule has 0 amide bonds. The number of rotatable bonds is 2. The summed E-state index contributed by atoms with van der Waals surface area (Å²) >= 11 is 6.15. The van der Waals surface area contributed by atoms with Crippen molar-refractivity contribution in [3.8, 4) is 22.9 Å². The number of hydrogen-bond acceptors (Lipinski definition) is 4. The smallest absolute Gasteiger partial charge is 0.209 e. The van der Waals surface area contributed by atoms with Crippen LogP contribution in [0.3, 0.4) is 0 Å². The van der Waals surface area contributed by atoms with Crippen LogP contribution in [-0.4, -0.2) is 7.11 Å². The van der Waals surface area contributed by atoms with Crippen molar-refractivity contribution >= 4 is 17.5 Å². The third-order valence-corrected chi connectivity index (χ3v) is 3.38. The van der Waals surface area contributed by atoms with Gasteiger partial charge >= 0.3 is 0 Å². The molecule has 98 valence electrons. The molecule has 2 aromatic rings. The van der Waals surface area contributed by atoms with Crippen LogP contribution in [0.2, 0.25) is 5.02 Å². The predicted octanol–water partition coefficient (Wildman–Crippen LogP) is 3.68. The molecule has 0 saturated heterocycles. The first-order chi connectivity index (χ1) is 8.99. The zero-order valence-corrected chi connectivity index (χ0v) is 11.6. The van der Waals surface area contributed by atoms with Gasteiger partial charge in [0.1, 0.15) is 23.1 Å². The molecule has 5 heteroatoms. The largest absolute Gasteiger partial charge is 0.496 e. The Balaban J connectivity index is 2.79. The van der Waals surface area contributed by atoms with Crippen LogP contribution in [0.1, 0.15) is 16.9 Å². The van der Waals surface area contributed by atoms with Crippen LogP contribution < -0.4 is 10.5 Å². The first-order valence-corrected chi connectivity index (χ1v) is 6.00. The highest BCUT2D eigenvalue weighted by Crippen LogP contribution is 2.40. The molecule has 0 aliphatic rings. The van der Waals surface area contributed by atoms with E-state index < -0.39 is 0 Å². The molecule has 1 heterocycles. The minimum atomic E-state index is 0.105. The Morgan fingerprint density at radius 2 is 2.05 bits per heavy atom. The number of nitrogens with two attached hydrogens (primary N) is 1. The van der Waals surface area contributed by atoms with E-state index >= 15 is 0 Å². The lowest BCUT2D eigenvalue weighted by Gasteiger charge is -2.10. The number of ether oxygens (including phenoxy) is 1. The summed E-state index contributed by atoms with van der Waals surface area (Å²) in [5.41, 5.74) is 8.21. The van der Waals surface area contributed by atoms with E-state index in [2.05, 4.69) is 6.07 Å². The van der Waals surface area contributed by atoms with E-state index in [1.54, 1.807) is 20.1 Å². The van der Waals surface area contributed by atoms with Crippen LogP contribution in [0.5, 0.6) is 5.75 Å². The number of furan rings is 1. The average Bonchev–Trinajstić information content (AvgIpc) is 2.66. The van der Waals surface area contributed by atoms with Gasteiger partial charge in [0, 0.05) is 16.1 Å². The van der Waals surface area contributed by atoms with Gasteiger partial charge in [0.25, 0.3) is 0 Å². The molecule has 0 unspecified atom stereocenters. The summed E-state index contributed by atoms with van der Waals surface area (Å²) in [4.78, 5) is 0. The molecule has 0 saturated carbocycles. The zero-order valence-electron chi connectivity index (χ0n) is 10.9. The second kappa shape index (κ2) is 4.87. The number of nitrogens with zero attached hydrogens (tertiary/aromatic N) is 1. The SMILES string of the molecule is COc1cc(C)c(Cl)cc1-c1c(C)oc(N)c1C#N. The molecule has 0 radical (unpaired) electrons. The third kappa shape index (κ3) is 2.13. The van der Waals surface area contributed by atoms with Gasteiger partial charge in [-0.15, -0.1) is 0 Å². The molecule has 0 aliphatic heterocycles. The van der Waals surface area contributed by atoms with Gasteiger partial charge in [0.05, 0.1) is 7.11 Å². The third-order valence-electron chi connectivity index (χ3n) is 2.97. The highest BCUT2D eigenvalue weighted by molar-refractivity contribution is 6.31. The van der Waals surface area contributed by atoms with E-state index in [0.29, 0.717) is 33.2 Å². The summed E-state index contributed by atoms with van der Waals surface area (Å²) in [6.45, 7) is 3.64. The fourth-order valence-electron chi connectivity index (χ4n) is 2.02. The minimum Gasteiger partial charge on any atom is -0.496 e. The Hall–Kier alpha value is -2.12. The molecule has 2 rings (SSSR count). The lowest BCUT2D eigenvalue weighted by atomic mass is 9.99. The topological polar surface area (TPSA) is 72.2 Å². The van der Waals surface area contributed by atoms with Gasteiger partial charge in [-0.1, -0.05) is 11.6 Å². The predicted molar refractivity (Wildman–Crippen MR) is 74.3 cm³/mol. The first-order valence-electron chi connectivity index (χ1n) is 5.63. The second-order valence-electron chi connectivity index (χ2n) is 4.19. The van der Waals surface area contributed by atoms with Gasteiger partial charge in [0.15, 0.2) is 0 Å². The van der Waals surface area contributed by atoms with Crippen LogP contribution in [-0.2, 0) is 0 Å². The number of nitrogen functional groups attached to an aromatic ring is 1. The number of methoxy groups -OCH3 is 1. The first kappa shape index (κ1) is 13.3. The van der Waals surface area contributed by atoms with Gasteiger partial charge in [-0.25, -0.2) is 0 Å². The molecule has 0 fully saturated rings. The molecule has 1 aromatic heterocycles. The summed E-state index contributed by atoms with van der Waals surface area (Å²) in [6, 6.07) is 5.63. The van der Waals surface area contributed by atoms with Crippen LogP contribution in [0.25, 0.3) is 11.1 Å². The lowest BCUT2D eigenvalue weighted by Crippen LogP contribution is -1.92. The second-order valence-corrected chi connectivity index (χ2v) is 4.59. The van der Waals surface area contributed by atoms with Gasteiger partial charge in [-0.3, -0.25) is 0 Å². The minimum absolute atomic E-state index is 0.105. The van der Waals surface area contributed by atoms with Crippen molar-refractivity contribution in [3.05, 3.63) is 34.0 Å². The van der Waals surface area contributed by atoms with E-state index in [1.807, 2.05) is 13.0 Å². The van der Waals surface area contributed by atoms with E-state index in [1.165, 1.54) is 0 Å². The summed E-state index contributed by atoms with van der Waals surface area (Å²) in [5, 5.41) is 9.79. The fraction of sp³-hybridized carbons (Fsp3) is 0.214. The number of aryl methyl sites for hydroxylation is 2. The van der Waals surface area contributed by atoms with Gasteiger partial charge in [-0.2, -0.15) is 5.26 Å². The number of nitriles is 1. The maximum absolute atomic E-state index is 9.20. The molecular weight excluding hydrogens is 264 g/mol. The van der Waals surface area contributed by atoms with E-state index in [-0.39, 0.29) is 5.88 Å². The Morgan fingerprint density at radius 3 is 2.63 bits per heavy atom. The highest BCUT2D eigenvalue weighted by atomic mass is 35.5. The van der Waals surface area contributed by atoms with E-state index in [9.17, 15) is 5.26 Å². The molecule has 0 spiro atoms. The molecule has 19 heavy (non-hydrogen) atoms. The van der Waals surface area contributed by atoms with Crippen molar-refractivity contribution in [2.24, 2.45) is 0 Å². The maximum Gasteiger partial charge on any atom is 0.209 e. The monoisotopic (exact) mass is 276 g/mol. The summed E-state index contributed by atoms with van der Waals surface area (Å²) in [5.74, 6) is 1.29. The van der Waals surface area contributed by atoms with E-state index in [0.717, 1.165) is 5.56 Å². The van der Waals surface area contributed by atoms with Crippen LogP contribution in [0.15, 0.2) is 16.5 Å². The highest BCUT2D eigenvalue weighted by Gasteiger charge is 2.21. The van der Waals surface area contributed by atoms with Crippen molar-refractivity contribution in [2.45, 2.75) is 13.8 Å². The Kier molecular flexibility index (Phi) is 3.41.